The predicted octanol–water partition coefficient (Wildman–Crippen LogP) is 3.91. The van der Waals surface area contributed by atoms with Gasteiger partial charge in [-0.15, -0.1) is 0 Å². The molecule has 3 heteroatoms. The third kappa shape index (κ3) is 2.55. The first-order chi connectivity index (χ1) is 10.8. The number of fused-ring (bicyclic) bond motifs is 1. The minimum absolute atomic E-state index is 0.260. The third-order valence-electron chi connectivity index (χ3n) is 4.78. The number of rotatable bonds is 1. The summed E-state index contributed by atoms with van der Waals surface area (Å²) in [5.74, 6) is 0.309. The SMILES string of the molecule is Cc1cc(C)c2c(c1)OC(c1cc(C)c(C)c(C)c1)C(O)C2=O. The molecule has 0 aliphatic carbocycles. The first-order valence-electron chi connectivity index (χ1n) is 7.87. The van der Waals surface area contributed by atoms with Crippen LogP contribution in [-0.4, -0.2) is 17.0 Å². The second kappa shape index (κ2) is 5.50. The number of aryl methyl sites for hydroxylation is 4. The minimum Gasteiger partial charge on any atom is -0.482 e. The van der Waals surface area contributed by atoms with Crippen molar-refractivity contribution in [3.05, 3.63) is 63.2 Å². The Bertz CT molecular complexity index is 782. The summed E-state index contributed by atoms with van der Waals surface area (Å²) in [5, 5.41) is 10.5. The van der Waals surface area contributed by atoms with Gasteiger partial charge in [-0.05, 0) is 74.1 Å². The van der Waals surface area contributed by atoms with E-state index in [1.54, 1.807) is 0 Å². The number of benzene rings is 2. The van der Waals surface area contributed by atoms with Crippen LogP contribution in [0.1, 0.15) is 49.8 Å². The summed E-state index contributed by atoms with van der Waals surface area (Å²) in [6.07, 6.45) is -1.83. The summed E-state index contributed by atoms with van der Waals surface area (Å²) in [6, 6.07) is 7.80. The van der Waals surface area contributed by atoms with Gasteiger partial charge in [0, 0.05) is 0 Å². The second-order valence-corrected chi connectivity index (χ2v) is 6.58. The van der Waals surface area contributed by atoms with Crippen molar-refractivity contribution in [3.8, 4) is 5.75 Å². The molecular weight excluding hydrogens is 288 g/mol. The van der Waals surface area contributed by atoms with E-state index in [-0.39, 0.29) is 5.78 Å². The van der Waals surface area contributed by atoms with Crippen LogP contribution in [0.3, 0.4) is 0 Å². The zero-order valence-corrected chi connectivity index (χ0v) is 14.2. The normalized spacial score (nSPS) is 20.2. The monoisotopic (exact) mass is 310 g/mol. The Morgan fingerprint density at radius 3 is 2.13 bits per heavy atom. The molecule has 0 saturated carbocycles. The quantitative estimate of drug-likeness (QED) is 0.869. The van der Waals surface area contributed by atoms with Crippen LogP contribution < -0.4 is 4.74 Å². The van der Waals surface area contributed by atoms with Crippen LogP contribution >= 0.6 is 0 Å². The molecule has 1 N–H and O–H groups in total. The van der Waals surface area contributed by atoms with E-state index in [1.165, 1.54) is 5.56 Å². The lowest BCUT2D eigenvalue weighted by Crippen LogP contribution is -2.36. The average molecular weight is 310 g/mol. The molecule has 1 heterocycles. The van der Waals surface area contributed by atoms with Gasteiger partial charge >= 0.3 is 0 Å². The molecule has 0 saturated heterocycles. The standard InChI is InChI=1S/C20H22O3/c1-10-6-13(4)17-16(7-10)23-20(19(22)18(17)21)15-8-11(2)14(5)12(3)9-15/h6-9,19-20,22H,1-5H3. The Balaban J connectivity index is 2.11. The number of hydrogen-bond donors (Lipinski definition) is 1. The number of ketones is 1. The van der Waals surface area contributed by atoms with Gasteiger partial charge in [0.25, 0.3) is 0 Å². The van der Waals surface area contributed by atoms with Gasteiger partial charge in [0.05, 0.1) is 5.56 Å². The van der Waals surface area contributed by atoms with Crippen molar-refractivity contribution in [2.45, 2.75) is 46.8 Å². The van der Waals surface area contributed by atoms with Crippen molar-refractivity contribution in [2.75, 3.05) is 0 Å². The summed E-state index contributed by atoms with van der Waals surface area (Å²) < 4.78 is 6.04. The smallest absolute Gasteiger partial charge is 0.199 e. The lowest BCUT2D eigenvalue weighted by atomic mass is 9.88. The fourth-order valence-electron chi connectivity index (χ4n) is 3.31. The lowest BCUT2D eigenvalue weighted by Gasteiger charge is -2.31. The van der Waals surface area contributed by atoms with Crippen LogP contribution in [0.4, 0.5) is 0 Å². The first-order valence-corrected chi connectivity index (χ1v) is 7.87. The number of carbonyl (C=O) groups is 1. The number of ether oxygens (including phenoxy) is 1. The maximum atomic E-state index is 12.6. The summed E-state index contributed by atoms with van der Waals surface area (Å²) in [7, 11) is 0. The Hall–Kier alpha value is -2.13. The molecule has 0 spiro atoms. The Kier molecular flexibility index (Phi) is 3.77. The Labute approximate surface area is 136 Å². The first kappa shape index (κ1) is 15.8. The van der Waals surface area contributed by atoms with Crippen LogP contribution in [-0.2, 0) is 0 Å². The zero-order chi connectivity index (χ0) is 16.9. The molecule has 0 aromatic heterocycles. The summed E-state index contributed by atoms with van der Waals surface area (Å²) >= 11 is 0. The van der Waals surface area contributed by atoms with Gasteiger partial charge in [0.1, 0.15) is 5.75 Å². The maximum Gasteiger partial charge on any atom is 0.199 e. The van der Waals surface area contributed by atoms with Gasteiger partial charge in [-0.2, -0.15) is 0 Å². The van der Waals surface area contributed by atoms with Crippen LogP contribution in [0, 0.1) is 34.6 Å². The van der Waals surface area contributed by atoms with Gasteiger partial charge < -0.3 is 9.84 Å². The Morgan fingerprint density at radius 2 is 1.52 bits per heavy atom. The molecule has 3 nitrogen and oxygen atoms in total. The highest BCUT2D eigenvalue weighted by Crippen LogP contribution is 2.38. The van der Waals surface area contributed by atoms with Gasteiger partial charge in [-0.25, -0.2) is 0 Å². The summed E-state index contributed by atoms with van der Waals surface area (Å²) in [5.41, 5.74) is 6.72. The molecule has 0 fully saturated rings. The average Bonchev–Trinajstić information content (AvgIpc) is 2.47. The van der Waals surface area contributed by atoms with E-state index in [4.69, 9.17) is 4.74 Å². The molecule has 0 bridgehead atoms. The van der Waals surface area contributed by atoms with Gasteiger partial charge in [-0.3, -0.25) is 4.79 Å². The molecule has 120 valence electrons. The van der Waals surface area contributed by atoms with Crippen LogP contribution in [0.2, 0.25) is 0 Å². The highest BCUT2D eigenvalue weighted by atomic mass is 16.5. The molecule has 2 atom stereocenters. The molecule has 0 amide bonds. The van der Waals surface area contributed by atoms with Crippen molar-refractivity contribution in [1.82, 2.24) is 0 Å². The van der Waals surface area contributed by atoms with E-state index in [2.05, 4.69) is 6.92 Å². The van der Waals surface area contributed by atoms with E-state index in [0.29, 0.717) is 11.3 Å². The molecule has 1 aliphatic rings. The van der Waals surface area contributed by atoms with Crippen molar-refractivity contribution in [2.24, 2.45) is 0 Å². The maximum absolute atomic E-state index is 12.6. The molecule has 23 heavy (non-hydrogen) atoms. The number of hydrogen-bond acceptors (Lipinski definition) is 3. The van der Waals surface area contributed by atoms with Crippen molar-refractivity contribution >= 4 is 5.78 Å². The van der Waals surface area contributed by atoms with Crippen LogP contribution in [0.25, 0.3) is 0 Å². The molecule has 2 unspecified atom stereocenters. The lowest BCUT2D eigenvalue weighted by molar-refractivity contribution is 0.0214. The number of aliphatic hydroxyl groups is 1. The number of carbonyl (C=O) groups excluding carboxylic acids is 1. The topological polar surface area (TPSA) is 46.5 Å². The van der Waals surface area contributed by atoms with Gasteiger partial charge in [-0.1, -0.05) is 18.2 Å². The molecule has 1 aliphatic heterocycles. The highest BCUT2D eigenvalue weighted by Gasteiger charge is 2.38. The Morgan fingerprint density at radius 1 is 0.913 bits per heavy atom. The van der Waals surface area contributed by atoms with Crippen molar-refractivity contribution in [3.63, 3.8) is 0 Å². The van der Waals surface area contributed by atoms with Crippen LogP contribution in [0.5, 0.6) is 5.75 Å². The fourth-order valence-corrected chi connectivity index (χ4v) is 3.31. The van der Waals surface area contributed by atoms with Gasteiger partial charge in [0.15, 0.2) is 18.0 Å². The van der Waals surface area contributed by atoms with Crippen molar-refractivity contribution < 1.29 is 14.6 Å². The highest BCUT2D eigenvalue weighted by molar-refractivity contribution is 6.04. The third-order valence-corrected chi connectivity index (χ3v) is 4.78. The molecule has 3 rings (SSSR count). The van der Waals surface area contributed by atoms with E-state index in [9.17, 15) is 9.90 Å². The molecule has 2 aromatic carbocycles. The summed E-state index contributed by atoms with van der Waals surface area (Å²) in [4.78, 5) is 12.6. The van der Waals surface area contributed by atoms with E-state index in [0.717, 1.165) is 27.8 Å². The van der Waals surface area contributed by atoms with E-state index in [1.807, 2.05) is 52.0 Å². The van der Waals surface area contributed by atoms with Gasteiger partial charge in [0.2, 0.25) is 0 Å². The van der Waals surface area contributed by atoms with Crippen molar-refractivity contribution in [1.29, 1.82) is 0 Å². The fraction of sp³-hybridized carbons (Fsp3) is 0.350. The number of Topliss-reactive ketones (excluding diaryl/α,β-unsaturated/α-hetero) is 1. The van der Waals surface area contributed by atoms with Crippen LogP contribution in [0.15, 0.2) is 24.3 Å². The second-order valence-electron chi connectivity index (χ2n) is 6.58. The molecular formula is C20H22O3. The minimum atomic E-state index is -1.18. The van der Waals surface area contributed by atoms with E-state index >= 15 is 0 Å². The molecule has 2 aromatic rings. The summed E-state index contributed by atoms with van der Waals surface area (Å²) in [6.45, 7) is 9.98. The predicted molar refractivity (Wildman–Crippen MR) is 90.3 cm³/mol. The molecule has 0 radical (unpaired) electrons. The zero-order valence-electron chi connectivity index (χ0n) is 14.2. The largest absolute Gasteiger partial charge is 0.482 e. The van der Waals surface area contributed by atoms with E-state index < -0.39 is 12.2 Å². The number of aliphatic hydroxyl groups excluding tert-OH is 1.